The number of rotatable bonds is 3. The standard InChI is InChI=1S/C18H23N5O/c1-7-19-8-2-13(1)17-22-16-4-10-20-9-3-15(16)18(23-17)21-14-5-11-24-12-6-14/h1-2,7-8,14,20H,3-6,9-12H2,(H,21,22,23). The molecule has 126 valence electrons. The van der Waals surface area contributed by atoms with E-state index in [-0.39, 0.29) is 0 Å². The third-order valence-corrected chi connectivity index (χ3v) is 4.68. The molecule has 0 atom stereocenters. The molecule has 0 unspecified atom stereocenters. The summed E-state index contributed by atoms with van der Waals surface area (Å²) in [6.45, 7) is 3.59. The van der Waals surface area contributed by atoms with Gasteiger partial charge in [0.05, 0.1) is 5.69 Å². The zero-order valence-corrected chi connectivity index (χ0v) is 13.8. The van der Waals surface area contributed by atoms with E-state index in [1.54, 1.807) is 12.4 Å². The molecule has 2 aromatic rings. The van der Waals surface area contributed by atoms with Gasteiger partial charge in [-0.15, -0.1) is 0 Å². The van der Waals surface area contributed by atoms with Crippen LogP contribution in [0.25, 0.3) is 11.4 Å². The van der Waals surface area contributed by atoms with Crippen LogP contribution in [-0.2, 0) is 17.6 Å². The van der Waals surface area contributed by atoms with Crippen molar-refractivity contribution < 1.29 is 4.74 Å². The number of ether oxygens (including phenoxy) is 1. The zero-order valence-electron chi connectivity index (χ0n) is 13.8. The van der Waals surface area contributed by atoms with E-state index in [1.165, 1.54) is 5.56 Å². The highest BCUT2D eigenvalue weighted by Gasteiger charge is 2.21. The number of nitrogens with one attached hydrogen (secondary N) is 2. The monoisotopic (exact) mass is 325 g/mol. The van der Waals surface area contributed by atoms with E-state index in [0.717, 1.165) is 74.9 Å². The van der Waals surface area contributed by atoms with Gasteiger partial charge in [0, 0.05) is 55.7 Å². The first-order valence-corrected chi connectivity index (χ1v) is 8.75. The third kappa shape index (κ3) is 3.39. The van der Waals surface area contributed by atoms with Gasteiger partial charge < -0.3 is 15.4 Å². The predicted molar refractivity (Wildman–Crippen MR) is 93.0 cm³/mol. The van der Waals surface area contributed by atoms with Crippen molar-refractivity contribution in [2.24, 2.45) is 0 Å². The number of anilines is 1. The van der Waals surface area contributed by atoms with Crippen LogP contribution in [0.3, 0.4) is 0 Å². The molecule has 0 saturated carbocycles. The first-order chi connectivity index (χ1) is 11.9. The number of aromatic nitrogens is 3. The maximum absolute atomic E-state index is 5.47. The lowest BCUT2D eigenvalue weighted by atomic mass is 10.1. The topological polar surface area (TPSA) is 72.0 Å². The maximum atomic E-state index is 5.47. The Labute approximate surface area is 142 Å². The second kappa shape index (κ2) is 7.23. The molecule has 2 aliphatic heterocycles. The Morgan fingerprint density at radius 3 is 2.67 bits per heavy atom. The Morgan fingerprint density at radius 1 is 1.04 bits per heavy atom. The minimum absolute atomic E-state index is 0.430. The summed E-state index contributed by atoms with van der Waals surface area (Å²) in [5.74, 6) is 1.79. The minimum Gasteiger partial charge on any atom is -0.381 e. The summed E-state index contributed by atoms with van der Waals surface area (Å²) in [6, 6.07) is 4.36. The summed E-state index contributed by atoms with van der Waals surface area (Å²) in [6.07, 6.45) is 7.55. The van der Waals surface area contributed by atoms with E-state index in [0.29, 0.717) is 6.04 Å². The highest BCUT2D eigenvalue weighted by atomic mass is 16.5. The average molecular weight is 325 g/mol. The predicted octanol–water partition coefficient (Wildman–Crippen LogP) is 1.82. The number of hydrogen-bond donors (Lipinski definition) is 2. The van der Waals surface area contributed by atoms with Gasteiger partial charge in [0.2, 0.25) is 0 Å². The molecule has 0 radical (unpaired) electrons. The van der Waals surface area contributed by atoms with Crippen LogP contribution >= 0.6 is 0 Å². The molecule has 6 heteroatoms. The first kappa shape index (κ1) is 15.5. The van der Waals surface area contributed by atoms with Crippen LogP contribution in [0.4, 0.5) is 5.82 Å². The average Bonchev–Trinajstić information content (AvgIpc) is 2.89. The zero-order chi connectivity index (χ0) is 16.2. The maximum Gasteiger partial charge on any atom is 0.161 e. The van der Waals surface area contributed by atoms with Crippen molar-refractivity contribution in [2.45, 2.75) is 31.7 Å². The normalized spacial score (nSPS) is 18.7. The van der Waals surface area contributed by atoms with Gasteiger partial charge in [-0.3, -0.25) is 4.98 Å². The fraction of sp³-hybridized carbons (Fsp3) is 0.500. The quantitative estimate of drug-likeness (QED) is 0.897. The van der Waals surface area contributed by atoms with Gasteiger partial charge in [0.1, 0.15) is 5.82 Å². The summed E-state index contributed by atoms with van der Waals surface area (Å²) in [7, 11) is 0. The van der Waals surface area contributed by atoms with Crippen LogP contribution in [-0.4, -0.2) is 47.3 Å². The lowest BCUT2D eigenvalue weighted by Crippen LogP contribution is -2.29. The van der Waals surface area contributed by atoms with Crippen LogP contribution in [0.15, 0.2) is 24.5 Å². The number of nitrogens with zero attached hydrogens (tertiary/aromatic N) is 3. The van der Waals surface area contributed by atoms with Gasteiger partial charge in [-0.05, 0) is 37.9 Å². The van der Waals surface area contributed by atoms with E-state index in [4.69, 9.17) is 14.7 Å². The molecule has 4 rings (SSSR count). The molecule has 0 bridgehead atoms. The van der Waals surface area contributed by atoms with E-state index >= 15 is 0 Å². The van der Waals surface area contributed by atoms with Crippen molar-refractivity contribution in [2.75, 3.05) is 31.6 Å². The Kier molecular flexibility index (Phi) is 4.66. The van der Waals surface area contributed by atoms with Crippen molar-refractivity contribution in [3.8, 4) is 11.4 Å². The van der Waals surface area contributed by atoms with E-state index in [1.807, 2.05) is 12.1 Å². The molecule has 1 fully saturated rings. The summed E-state index contributed by atoms with van der Waals surface area (Å²) in [5, 5.41) is 7.13. The van der Waals surface area contributed by atoms with Crippen molar-refractivity contribution in [3.63, 3.8) is 0 Å². The summed E-state index contributed by atoms with van der Waals surface area (Å²) >= 11 is 0. The minimum atomic E-state index is 0.430. The van der Waals surface area contributed by atoms with E-state index in [2.05, 4.69) is 15.6 Å². The molecule has 1 saturated heterocycles. The lowest BCUT2D eigenvalue weighted by molar-refractivity contribution is 0.0903. The molecule has 24 heavy (non-hydrogen) atoms. The third-order valence-electron chi connectivity index (χ3n) is 4.68. The molecule has 2 aromatic heterocycles. The molecule has 6 nitrogen and oxygen atoms in total. The van der Waals surface area contributed by atoms with Gasteiger partial charge in [0.15, 0.2) is 5.82 Å². The van der Waals surface area contributed by atoms with Crippen LogP contribution in [0.1, 0.15) is 24.1 Å². The lowest BCUT2D eigenvalue weighted by Gasteiger charge is -2.25. The molecular weight excluding hydrogens is 302 g/mol. The first-order valence-electron chi connectivity index (χ1n) is 8.75. The van der Waals surface area contributed by atoms with Crippen molar-refractivity contribution in [3.05, 3.63) is 35.8 Å². The van der Waals surface area contributed by atoms with Gasteiger partial charge in [-0.1, -0.05) is 0 Å². The highest BCUT2D eigenvalue weighted by molar-refractivity contribution is 5.60. The Balaban J connectivity index is 1.71. The SMILES string of the molecule is c1cc(-c2nc3c(c(NC4CCOCC4)n2)CCNCC3)ccn1. The fourth-order valence-electron chi connectivity index (χ4n) is 3.33. The molecule has 0 spiro atoms. The number of pyridine rings is 1. The fourth-order valence-corrected chi connectivity index (χ4v) is 3.33. The molecular formula is C18H23N5O. The van der Waals surface area contributed by atoms with Crippen LogP contribution < -0.4 is 10.6 Å². The summed E-state index contributed by atoms with van der Waals surface area (Å²) in [4.78, 5) is 13.8. The second-order valence-electron chi connectivity index (χ2n) is 6.34. The summed E-state index contributed by atoms with van der Waals surface area (Å²) < 4.78 is 5.47. The van der Waals surface area contributed by atoms with E-state index < -0.39 is 0 Å². The highest BCUT2D eigenvalue weighted by Crippen LogP contribution is 2.26. The van der Waals surface area contributed by atoms with Gasteiger partial charge in [0.25, 0.3) is 0 Å². The molecule has 0 aliphatic carbocycles. The van der Waals surface area contributed by atoms with Gasteiger partial charge in [-0.25, -0.2) is 9.97 Å². The molecule has 0 aromatic carbocycles. The molecule has 2 N–H and O–H groups in total. The van der Waals surface area contributed by atoms with Crippen LogP contribution in [0, 0.1) is 0 Å². The molecule has 2 aliphatic rings. The number of fused-ring (bicyclic) bond motifs is 1. The van der Waals surface area contributed by atoms with Crippen molar-refractivity contribution >= 4 is 5.82 Å². The number of hydrogen-bond acceptors (Lipinski definition) is 6. The van der Waals surface area contributed by atoms with Crippen LogP contribution in [0.5, 0.6) is 0 Å². The second-order valence-corrected chi connectivity index (χ2v) is 6.34. The van der Waals surface area contributed by atoms with Gasteiger partial charge >= 0.3 is 0 Å². The summed E-state index contributed by atoms with van der Waals surface area (Å²) in [5.41, 5.74) is 3.45. The Hall–Kier alpha value is -2.05. The van der Waals surface area contributed by atoms with Crippen LogP contribution in [0.2, 0.25) is 0 Å². The smallest absolute Gasteiger partial charge is 0.161 e. The van der Waals surface area contributed by atoms with E-state index in [9.17, 15) is 0 Å². The Morgan fingerprint density at radius 2 is 1.83 bits per heavy atom. The van der Waals surface area contributed by atoms with Crippen molar-refractivity contribution in [1.82, 2.24) is 20.3 Å². The molecule has 4 heterocycles. The van der Waals surface area contributed by atoms with Crippen molar-refractivity contribution in [1.29, 1.82) is 0 Å². The van der Waals surface area contributed by atoms with Gasteiger partial charge in [-0.2, -0.15) is 0 Å². The largest absolute Gasteiger partial charge is 0.381 e. The Bertz CT molecular complexity index is 685. The molecule has 0 amide bonds.